The number of hydrogen-bond donors (Lipinski definition) is 5. The molecule has 0 spiro atoms. The van der Waals surface area contributed by atoms with Crippen molar-refractivity contribution in [1.29, 1.82) is 0 Å². The number of urea groups is 1. The van der Waals surface area contributed by atoms with E-state index in [4.69, 9.17) is 5.73 Å². The number of carbonyl (C=O) groups is 4. The number of nitrogens with two attached hydrogens (primary N) is 1. The van der Waals surface area contributed by atoms with Gasteiger partial charge in [0.1, 0.15) is 6.04 Å². The van der Waals surface area contributed by atoms with Crippen LogP contribution in [-0.4, -0.2) is 76.2 Å². The van der Waals surface area contributed by atoms with Crippen molar-refractivity contribution in [3.05, 3.63) is 0 Å². The van der Waals surface area contributed by atoms with Gasteiger partial charge in [0, 0.05) is 12.8 Å². The lowest BCUT2D eigenvalue weighted by atomic mass is 9.98. The fourth-order valence-electron chi connectivity index (χ4n) is 2.82. The lowest BCUT2D eigenvalue weighted by molar-refractivity contribution is -0.131. The van der Waals surface area contributed by atoms with Crippen LogP contribution in [0.4, 0.5) is 4.79 Å². The minimum Gasteiger partial charge on any atom is -0.390 e. The second-order valence-electron chi connectivity index (χ2n) is 7.88. The van der Waals surface area contributed by atoms with Gasteiger partial charge in [0.2, 0.25) is 5.91 Å². The van der Waals surface area contributed by atoms with Crippen LogP contribution in [0.1, 0.15) is 60.3 Å². The molecule has 6 N–H and O–H groups in total. The Morgan fingerprint density at radius 1 is 1.06 bits per heavy atom. The molecule has 0 radical (unpaired) electrons. The Bertz CT molecular complexity index is 593. The maximum Gasteiger partial charge on any atom is 0.318 e. The lowest BCUT2D eigenvalue weighted by Gasteiger charge is -2.27. The summed E-state index contributed by atoms with van der Waals surface area (Å²) in [5.74, 6) is -1.04. The van der Waals surface area contributed by atoms with Gasteiger partial charge < -0.3 is 26.4 Å². The van der Waals surface area contributed by atoms with Crippen LogP contribution >= 0.6 is 11.8 Å². The van der Waals surface area contributed by atoms with Crippen LogP contribution in [0.25, 0.3) is 0 Å². The van der Waals surface area contributed by atoms with Gasteiger partial charge in [-0.1, -0.05) is 20.8 Å². The number of hydrogen-bond acceptors (Lipinski definition) is 7. The van der Waals surface area contributed by atoms with Crippen LogP contribution in [0, 0.1) is 0 Å². The Hall–Kier alpha value is -1.85. The molecule has 0 aliphatic carbocycles. The fraction of sp³-hybridized carbons (Fsp3) is 0.800. The smallest absolute Gasteiger partial charge is 0.318 e. The van der Waals surface area contributed by atoms with Crippen LogP contribution in [-0.2, 0) is 14.4 Å². The van der Waals surface area contributed by atoms with E-state index in [0.717, 1.165) is 26.1 Å². The van der Waals surface area contributed by atoms with E-state index in [9.17, 15) is 24.3 Å². The summed E-state index contributed by atoms with van der Waals surface area (Å²) in [5.41, 5.74) is 3.71. The molecular formula is C20H39N5O5S. The molecule has 0 aromatic heterocycles. The number of primary amides is 1. The zero-order valence-electron chi connectivity index (χ0n) is 19.3. The molecule has 0 heterocycles. The van der Waals surface area contributed by atoms with Crippen molar-refractivity contribution in [2.75, 3.05) is 25.4 Å². The van der Waals surface area contributed by atoms with Crippen molar-refractivity contribution in [2.24, 2.45) is 5.73 Å². The molecule has 31 heavy (non-hydrogen) atoms. The Kier molecular flexibility index (Phi) is 14.1. The first kappa shape index (κ1) is 29.1. The fourth-order valence-corrected chi connectivity index (χ4v) is 3.79. The van der Waals surface area contributed by atoms with Gasteiger partial charge in [0.25, 0.3) is 11.8 Å². The molecule has 0 fully saturated rings. The topological polar surface area (TPSA) is 154 Å². The largest absolute Gasteiger partial charge is 0.390 e. The highest BCUT2D eigenvalue weighted by atomic mass is 32.2. The van der Waals surface area contributed by atoms with Gasteiger partial charge in [-0.3, -0.25) is 19.7 Å². The van der Waals surface area contributed by atoms with E-state index >= 15 is 0 Å². The van der Waals surface area contributed by atoms with Gasteiger partial charge in [-0.2, -0.15) is 0 Å². The third-order valence-corrected chi connectivity index (χ3v) is 5.58. The maximum absolute atomic E-state index is 12.9. The number of amides is 5. The molecule has 0 aromatic carbocycles. The minimum atomic E-state index is -1.29. The van der Waals surface area contributed by atoms with Crippen molar-refractivity contribution in [3.63, 3.8) is 0 Å². The molecule has 0 saturated heterocycles. The summed E-state index contributed by atoms with van der Waals surface area (Å²) in [6.45, 7) is 11.7. The third kappa shape index (κ3) is 13.9. The second-order valence-corrected chi connectivity index (χ2v) is 9.09. The number of carbonyl (C=O) groups excluding carboxylic acids is 4. The highest BCUT2D eigenvalue weighted by Crippen LogP contribution is 2.15. The highest BCUT2D eigenvalue weighted by molar-refractivity contribution is 8.00. The van der Waals surface area contributed by atoms with E-state index in [1.807, 2.05) is 12.2 Å². The van der Waals surface area contributed by atoms with E-state index in [-0.39, 0.29) is 18.7 Å². The second kappa shape index (κ2) is 15.0. The molecule has 11 heteroatoms. The standard InChI is InChI=1S/C20H39N5O5S/c1-6-10-15(26)23-18(31-12-9-11-25(7-2)8-3)17(28)22-14(13-20(4,5)30)16(27)24-19(21)29/h14,18,30H,6-13H2,1-5H3,(H,22,28)(H,23,26)(H3,21,24,27,29)/t14-,18+/m0/s1. The van der Waals surface area contributed by atoms with Gasteiger partial charge in [-0.25, -0.2) is 4.79 Å². The van der Waals surface area contributed by atoms with Crippen LogP contribution in [0.5, 0.6) is 0 Å². The van der Waals surface area contributed by atoms with Gasteiger partial charge >= 0.3 is 6.03 Å². The SMILES string of the molecule is CCCC(=O)N[C@H](SCCCN(CC)CC)C(=O)N[C@@H](CC(C)(C)O)C(=O)NC(N)=O. The van der Waals surface area contributed by atoms with Gasteiger partial charge in [0.15, 0.2) is 5.37 Å². The van der Waals surface area contributed by atoms with Crippen molar-refractivity contribution in [1.82, 2.24) is 20.9 Å². The van der Waals surface area contributed by atoms with Gasteiger partial charge in [0.05, 0.1) is 5.60 Å². The van der Waals surface area contributed by atoms with Crippen molar-refractivity contribution in [2.45, 2.75) is 77.3 Å². The molecule has 0 aliphatic rings. The summed E-state index contributed by atoms with van der Waals surface area (Å²) < 4.78 is 0. The predicted molar refractivity (Wildman–Crippen MR) is 122 cm³/mol. The maximum atomic E-state index is 12.9. The van der Waals surface area contributed by atoms with Crippen LogP contribution in [0.3, 0.4) is 0 Å². The molecule has 0 saturated carbocycles. The Balaban J connectivity index is 5.21. The van der Waals surface area contributed by atoms with E-state index in [0.29, 0.717) is 12.2 Å². The molecule has 2 atom stereocenters. The molecule has 0 unspecified atom stereocenters. The number of imide groups is 1. The Morgan fingerprint density at radius 2 is 1.68 bits per heavy atom. The first-order chi connectivity index (χ1) is 14.4. The molecule has 0 bridgehead atoms. The first-order valence-electron chi connectivity index (χ1n) is 10.7. The van der Waals surface area contributed by atoms with Crippen molar-refractivity contribution >= 4 is 35.5 Å². The average Bonchev–Trinajstić information content (AvgIpc) is 2.65. The van der Waals surface area contributed by atoms with E-state index in [2.05, 4.69) is 29.4 Å². The number of thioether (sulfide) groups is 1. The van der Waals surface area contributed by atoms with Crippen molar-refractivity contribution < 1.29 is 24.3 Å². The number of nitrogens with zero attached hydrogens (tertiary/aromatic N) is 1. The van der Waals surface area contributed by atoms with Gasteiger partial charge in [-0.05, 0) is 52.1 Å². The van der Waals surface area contributed by atoms with Crippen molar-refractivity contribution in [3.8, 4) is 0 Å². The summed E-state index contributed by atoms with van der Waals surface area (Å²) in [5, 5.41) is 16.3. The summed E-state index contributed by atoms with van der Waals surface area (Å²) >= 11 is 1.28. The van der Waals surface area contributed by atoms with E-state index in [1.54, 1.807) is 0 Å². The molecule has 0 rings (SSSR count). The number of rotatable bonds is 15. The Morgan fingerprint density at radius 3 is 2.16 bits per heavy atom. The average molecular weight is 462 g/mol. The number of nitrogens with one attached hydrogen (secondary N) is 3. The molecule has 10 nitrogen and oxygen atoms in total. The summed E-state index contributed by atoms with van der Waals surface area (Å²) in [7, 11) is 0. The molecule has 0 aliphatic heterocycles. The molecular weight excluding hydrogens is 422 g/mol. The van der Waals surface area contributed by atoms with Gasteiger partial charge in [-0.15, -0.1) is 11.8 Å². The normalized spacial score (nSPS) is 13.4. The van der Waals surface area contributed by atoms with Crippen LogP contribution < -0.4 is 21.7 Å². The number of aliphatic hydroxyl groups is 1. The van der Waals surface area contributed by atoms with Crippen LogP contribution in [0.2, 0.25) is 0 Å². The Labute approximate surface area is 189 Å². The van der Waals surface area contributed by atoms with Crippen LogP contribution in [0.15, 0.2) is 0 Å². The molecule has 180 valence electrons. The quantitative estimate of drug-likeness (QED) is 0.176. The zero-order chi connectivity index (χ0) is 24.0. The third-order valence-electron chi connectivity index (χ3n) is 4.39. The van der Waals surface area contributed by atoms with E-state index < -0.39 is 34.9 Å². The summed E-state index contributed by atoms with van der Waals surface area (Å²) in [4.78, 5) is 50.6. The summed E-state index contributed by atoms with van der Waals surface area (Å²) in [6, 6.07) is -2.25. The highest BCUT2D eigenvalue weighted by Gasteiger charge is 2.31. The predicted octanol–water partition coefficient (Wildman–Crippen LogP) is 0.535. The monoisotopic (exact) mass is 461 g/mol. The summed E-state index contributed by atoms with van der Waals surface area (Å²) in [6.07, 6.45) is 1.60. The zero-order valence-corrected chi connectivity index (χ0v) is 20.1. The molecule has 0 aromatic rings. The lowest BCUT2D eigenvalue weighted by Crippen LogP contribution is -2.55. The molecule has 5 amide bonds. The minimum absolute atomic E-state index is 0.139. The van der Waals surface area contributed by atoms with E-state index in [1.165, 1.54) is 25.6 Å². The first-order valence-corrected chi connectivity index (χ1v) is 11.7.